The fraction of sp³-hybridized carbons (Fsp3) is 0.350. The quantitative estimate of drug-likeness (QED) is 0.216. The van der Waals surface area contributed by atoms with E-state index in [1.165, 1.54) is 0 Å². The number of aryl methyl sites for hydroxylation is 1. The van der Waals surface area contributed by atoms with E-state index in [4.69, 9.17) is 4.98 Å². The van der Waals surface area contributed by atoms with Gasteiger partial charge in [-0.15, -0.1) is 11.8 Å². The molecule has 9 heteroatoms. The summed E-state index contributed by atoms with van der Waals surface area (Å²) in [4.78, 5) is 22.8. The summed E-state index contributed by atoms with van der Waals surface area (Å²) in [5.74, 6) is 1.67. The number of aromatic nitrogens is 3. The molecular formula is C20H25IN5OPS. The highest BCUT2D eigenvalue weighted by atomic mass is 127. The van der Waals surface area contributed by atoms with Gasteiger partial charge in [0.2, 0.25) is 5.91 Å². The monoisotopic (exact) mass is 541 g/mol. The molecule has 1 saturated carbocycles. The number of nitrogens with one attached hydrogen (secondary N) is 2. The lowest BCUT2D eigenvalue weighted by atomic mass is 10.2. The zero-order valence-corrected chi connectivity index (χ0v) is 20.9. The van der Waals surface area contributed by atoms with Crippen LogP contribution in [-0.4, -0.2) is 26.5 Å². The number of hydrogen-bond acceptors (Lipinski definition) is 5. The van der Waals surface area contributed by atoms with E-state index in [9.17, 15) is 4.79 Å². The summed E-state index contributed by atoms with van der Waals surface area (Å²) in [7, 11) is 0. The number of pyridine rings is 1. The van der Waals surface area contributed by atoms with Crippen LogP contribution in [0.5, 0.6) is 0 Å². The Bertz CT molecular complexity index is 1020. The van der Waals surface area contributed by atoms with Crippen LogP contribution < -0.4 is 10.6 Å². The highest BCUT2D eigenvalue weighted by Crippen LogP contribution is 2.37. The second kappa shape index (κ2) is 10.1. The van der Waals surface area contributed by atoms with Crippen molar-refractivity contribution in [3.05, 3.63) is 36.2 Å². The number of hydrogen-bond donors (Lipinski definition) is 2. The average molecular weight is 541 g/mol. The van der Waals surface area contributed by atoms with Gasteiger partial charge < -0.3 is 10.6 Å². The summed E-state index contributed by atoms with van der Waals surface area (Å²) >= 11 is 4.01. The minimum Gasteiger partial charge on any atom is -0.353 e. The van der Waals surface area contributed by atoms with Crippen LogP contribution in [0.1, 0.15) is 32.5 Å². The van der Waals surface area contributed by atoms with Crippen LogP contribution >= 0.6 is 40.2 Å². The van der Waals surface area contributed by atoms with E-state index in [0.717, 1.165) is 46.1 Å². The largest absolute Gasteiger partial charge is 0.353 e. The van der Waals surface area contributed by atoms with E-state index in [-0.39, 0.29) is 11.8 Å². The number of halogens is 1. The summed E-state index contributed by atoms with van der Waals surface area (Å²) in [5, 5.41) is 6.48. The Hall–Kier alpha value is -1.38. The minimum atomic E-state index is 0.0528. The van der Waals surface area contributed by atoms with Gasteiger partial charge in [0.1, 0.15) is 17.2 Å². The number of carbonyl (C=O) groups excluding carboxylic acids is 1. The minimum absolute atomic E-state index is 0.0528. The number of benzene rings is 1. The fourth-order valence-electron chi connectivity index (χ4n) is 2.88. The molecule has 2 aromatic heterocycles. The molecule has 3 aromatic rings. The van der Waals surface area contributed by atoms with Crippen molar-refractivity contribution in [1.82, 2.24) is 14.3 Å². The molecule has 2 heterocycles. The second-order valence-electron chi connectivity index (χ2n) is 6.40. The highest BCUT2D eigenvalue weighted by molar-refractivity contribution is 14.2. The second-order valence-corrected chi connectivity index (χ2v) is 9.31. The summed E-state index contributed by atoms with van der Waals surface area (Å²) in [6.07, 6.45) is 4.47. The van der Waals surface area contributed by atoms with Gasteiger partial charge in [0.05, 0.1) is 17.7 Å². The van der Waals surface area contributed by atoms with Gasteiger partial charge in [0, 0.05) is 16.9 Å². The SMILES string of the molecule is CC.CSc1ccccc1Nc1cc(NC(=O)C2CC2)nc2c1nc(C)n2PI. The van der Waals surface area contributed by atoms with Gasteiger partial charge in [-0.25, -0.2) is 9.97 Å². The Morgan fingerprint density at radius 2 is 1.97 bits per heavy atom. The number of thioether (sulfide) groups is 1. The van der Waals surface area contributed by atoms with E-state index >= 15 is 0 Å². The van der Waals surface area contributed by atoms with E-state index < -0.39 is 0 Å². The van der Waals surface area contributed by atoms with Crippen molar-refractivity contribution in [3.8, 4) is 0 Å². The zero-order chi connectivity index (χ0) is 21.0. The maximum atomic E-state index is 12.2. The van der Waals surface area contributed by atoms with Gasteiger partial charge in [-0.3, -0.25) is 9.13 Å². The predicted molar refractivity (Wildman–Crippen MR) is 134 cm³/mol. The average Bonchev–Trinajstić information content (AvgIpc) is 3.53. The predicted octanol–water partition coefficient (Wildman–Crippen LogP) is 6.37. The molecule has 1 unspecified atom stereocenters. The van der Waals surface area contributed by atoms with Gasteiger partial charge in [0.25, 0.3) is 0 Å². The molecule has 1 amide bonds. The third kappa shape index (κ3) is 5.03. The molecule has 1 aromatic carbocycles. The molecule has 4 rings (SSSR count). The number of carbonyl (C=O) groups is 1. The van der Waals surface area contributed by atoms with Gasteiger partial charge >= 0.3 is 0 Å². The first-order valence-corrected chi connectivity index (χ1v) is 14.9. The first-order valence-electron chi connectivity index (χ1n) is 9.58. The smallest absolute Gasteiger partial charge is 0.228 e. The third-order valence-corrected chi connectivity index (χ3v) is 7.39. The molecule has 6 nitrogen and oxygen atoms in total. The van der Waals surface area contributed by atoms with Gasteiger partial charge in [0.15, 0.2) is 5.65 Å². The maximum absolute atomic E-state index is 12.2. The molecule has 154 valence electrons. The zero-order valence-electron chi connectivity index (χ0n) is 16.9. The lowest BCUT2D eigenvalue weighted by Gasteiger charge is -2.13. The Balaban J connectivity index is 0.00000117. The summed E-state index contributed by atoms with van der Waals surface area (Å²) in [6.45, 7) is 5.98. The van der Waals surface area contributed by atoms with E-state index in [1.807, 2.05) is 45.0 Å². The Labute approximate surface area is 190 Å². The molecule has 1 aliphatic rings. The van der Waals surface area contributed by atoms with Crippen molar-refractivity contribution in [2.45, 2.75) is 38.5 Å². The lowest BCUT2D eigenvalue weighted by Crippen LogP contribution is -2.14. The van der Waals surface area contributed by atoms with Gasteiger partial charge in [-0.2, -0.15) is 0 Å². The van der Waals surface area contributed by atoms with E-state index in [0.29, 0.717) is 12.2 Å². The van der Waals surface area contributed by atoms with Crippen molar-refractivity contribution in [2.24, 2.45) is 5.92 Å². The number of rotatable bonds is 6. The molecule has 0 radical (unpaired) electrons. The standard InChI is InChI=1S/C18H19IN5OPS.C2H6/c1-10-20-16-13(21-12-5-3-4-6-14(12)27-2)9-15(22-17(16)24(10)26-19)23-18(25)11-7-8-11;1-2/h3-6,9,11,26H,7-8H2,1-2H3,(H2,21,22,23,25);1-2H3. The molecular weight excluding hydrogens is 516 g/mol. The first-order chi connectivity index (χ1) is 14.1. The van der Waals surface area contributed by atoms with Crippen molar-refractivity contribution < 1.29 is 4.79 Å². The fourth-order valence-corrected chi connectivity index (χ4v) is 5.58. The number of fused-ring (bicyclic) bond motifs is 1. The number of anilines is 3. The molecule has 1 aliphatic carbocycles. The molecule has 0 bridgehead atoms. The van der Waals surface area contributed by atoms with Crippen molar-refractivity contribution in [3.63, 3.8) is 0 Å². The maximum Gasteiger partial charge on any atom is 0.228 e. The Kier molecular flexibility index (Phi) is 7.76. The van der Waals surface area contributed by atoms with Crippen LogP contribution in [0.25, 0.3) is 11.2 Å². The number of nitrogens with zero attached hydrogens (tertiary/aromatic N) is 3. The molecule has 2 N–H and O–H groups in total. The first kappa shape index (κ1) is 22.3. The molecule has 0 spiro atoms. The Morgan fingerprint density at radius 3 is 2.62 bits per heavy atom. The number of imidazole rings is 1. The highest BCUT2D eigenvalue weighted by Gasteiger charge is 2.30. The molecule has 0 aliphatic heterocycles. The van der Waals surface area contributed by atoms with Crippen LogP contribution in [-0.2, 0) is 4.79 Å². The number of amides is 1. The third-order valence-electron chi connectivity index (χ3n) is 4.44. The molecule has 1 fully saturated rings. The van der Waals surface area contributed by atoms with Crippen LogP contribution in [0.15, 0.2) is 35.2 Å². The van der Waals surface area contributed by atoms with Crippen molar-refractivity contribution in [1.29, 1.82) is 0 Å². The van der Waals surface area contributed by atoms with Gasteiger partial charge in [-0.1, -0.05) is 26.0 Å². The van der Waals surface area contributed by atoms with Crippen LogP contribution in [0.3, 0.4) is 0 Å². The van der Waals surface area contributed by atoms with Crippen molar-refractivity contribution in [2.75, 3.05) is 16.9 Å². The molecule has 0 saturated heterocycles. The topological polar surface area (TPSA) is 71.8 Å². The van der Waals surface area contributed by atoms with Crippen LogP contribution in [0.2, 0.25) is 0 Å². The van der Waals surface area contributed by atoms with Crippen molar-refractivity contribution >= 4 is 74.4 Å². The van der Waals surface area contributed by atoms with Crippen LogP contribution in [0.4, 0.5) is 17.2 Å². The van der Waals surface area contributed by atoms with Crippen LogP contribution in [0, 0.1) is 12.8 Å². The number of para-hydroxylation sites is 1. The molecule has 1 atom stereocenters. The van der Waals surface area contributed by atoms with E-state index in [2.05, 4.69) is 54.3 Å². The lowest BCUT2D eigenvalue weighted by molar-refractivity contribution is -0.117. The Morgan fingerprint density at radius 1 is 1.24 bits per heavy atom. The summed E-state index contributed by atoms with van der Waals surface area (Å²) in [6, 6.07) is 10.0. The van der Waals surface area contributed by atoms with Gasteiger partial charge in [-0.05, 0) is 60.2 Å². The summed E-state index contributed by atoms with van der Waals surface area (Å²) in [5.41, 5.74) is 3.47. The summed E-state index contributed by atoms with van der Waals surface area (Å²) < 4.78 is 2.08. The molecule has 29 heavy (non-hydrogen) atoms. The normalized spacial score (nSPS) is 13.4. The van der Waals surface area contributed by atoms with E-state index in [1.54, 1.807) is 11.8 Å².